The van der Waals surface area contributed by atoms with Gasteiger partial charge in [-0.2, -0.15) is 0 Å². The van der Waals surface area contributed by atoms with Crippen LogP contribution in [-0.4, -0.2) is 20.9 Å². The number of ether oxygens (including phenoxy) is 1. The van der Waals surface area contributed by atoms with Crippen LogP contribution in [0.25, 0.3) is 0 Å². The Morgan fingerprint density at radius 1 is 1.22 bits per heavy atom. The van der Waals surface area contributed by atoms with Crippen LogP contribution in [0, 0.1) is 18.6 Å². The molecule has 0 radical (unpaired) electrons. The van der Waals surface area contributed by atoms with Crippen LogP contribution in [-0.2, 0) is 17.9 Å². The zero-order valence-electron chi connectivity index (χ0n) is 14.4. The maximum absolute atomic E-state index is 13.6. The van der Waals surface area contributed by atoms with Crippen LogP contribution < -0.4 is 5.32 Å². The van der Waals surface area contributed by atoms with E-state index in [1.807, 2.05) is 0 Å². The van der Waals surface area contributed by atoms with E-state index in [9.17, 15) is 13.6 Å². The summed E-state index contributed by atoms with van der Waals surface area (Å²) in [4.78, 5) is 12.5. The third kappa shape index (κ3) is 3.43. The Morgan fingerprint density at radius 2 is 2.00 bits per heavy atom. The number of carbonyl (C=O) groups is 1. The van der Waals surface area contributed by atoms with E-state index >= 15 is 0 Å². The quantitative estimate of drug-likeness (QED) is 0.767. The molecule has 1 aliphatic heterocycles. The van der Waals surface area contributed by atoms with Crippen molar-refractivity contribution in [3.8, 4) is 0 Å². The zero-order chi connectivity index (χ0) is 19.0. The van der Waals surface area contributed by atoms with Gasteiger partial charge < -0.3 is 10.1 Å². The highest BCUT2D eigenvalue weighted by atomic mass is 19.1. The van der Waals surface area contributed by atoms with Crippen LogP contribution in [0.4, 0.5) is 14.5 Å². The highest BCUT2D eigenvalue weighted by Gasteiger charge is 2.27. The summed E-state index contributed by atoms with van der Waals surface area (Å²) in [6, 6.07) is 10.5. The first-order valence-corrected chi connectivity index (χ1v) is 8.38. The van der Waals surface area contributed by atoms with Gasteiger partial charge in [-0.05, 0) is 42.3 Å². The van der Waals surface area contributed by atoms with Gasteiger partial charge in [0.25, 0.3) is 5.91 Å². The molecular weight excluding hydrogens is 354 g/mol. The first-order valence-electron chi connectivity index (χ1n) is 8.38. The SMILES string of the molecule is Cc1ccc(NC(=O)c2nnn3c2COC(c2ccc(F)cc2)C3)cc1F. The number of anilines is 1. The molecule has 4 rings (SSSR count). The van der Waals surface area contributed by atoms with Crippen LogP contribution in [0.15, 0.2) is 42.5 Å². The summed E-state index contributed by atoms with van der Waals surface area (Å²) < 4.78 is 34.1. The molecule has 1 amide bonds. The monoisotopic (exact) mass is 370 g/mol. The third-order valence-corrected chi connectivity index (χ3v) is 4.48. The predicted octanol–water partition coefficient (Wildman–Crippen LogP) is 3.39. The molecule has 6 nitrogen and oxygen atoms in total. The van der Waals surface area contributed by atoms with Crippen molar-refractivity contribution in [2.45, 2.75) is 26.2 Å². The Hall–Kier alpha value is -3.13. The molecule has 2 heterocycles. The molecule has 3 aromatic rings. The van der Waals surface area contributed by atoms with Crippen LogP contribution in [0.2, 0.25) is 0 Å². The molecule has 1 aromatic heterocycles. The molecular formula is C19H16F2N4O2. The Labute approximate surface area is 153 Å². The molecule has 2 aromatic carbocycles. The lowest BCUT2D eigenvalue weighted by molar-refractivity contribution is -0.00174. The number of amides is 1. The number of nitrogens with zero attached hydrogens (tertiary/aromatic N) is 3. The Morgan fingerprint density at radius 3 is 2.74 bits per heavy atom. The molecule has 1 N–H and O–H groups in total. The van der Waals surface area contributed by atoms with Gasteiger partial charge in [-0.3, -0.25) is 4.79 Å². The topological polar surface area (TPSA) is 69.0 Å². The Balaban J connectivity index is 1.51. The number of aromatic nitrogens is 3. The van der Waals surface area contributed by atoms with E-state index < -0.39 is 11.7 Å². The molecule has 138 valence electrons. The summed E-state index contributed by atoms with van der Waals surface area (Å²) in [6.07, 6.45) is -0.304. The highest BCUT2D eigenvalue weighted by Crippen LogP contribution is 2.27. The van der Waals surface area contributed by atoms with E-state index in [0.717, 1.165) is 5.56 Å². The van der Waals surface area contributed by atoms with Gasteiger partial charge >= 0.3 is 0 Å². The first kappa shape index (κ1) is 17.3. The molecule has 1 unspecified atom stereocenters. The van der Waals surface area contributed by atoms with Crippen LogP contribution in [0.5, 0.6) is 0 Å². The zero-order valence-corrected chi connectivity index (χ0v) is 14.4. The van der Waals surface area contributed by atoms with Crippen molar-refractivity contribution in [2.75, 3.05) is 5.32 Å². The lowest BCUT2D eigenvalue weighted by Gasteiger charge is -2.24. The maximum atomic E-state index is 13.6. The van der Waals surface area contributed by atoms with E-state index in [1.54, 1.807) is 35.9 Å². The number of aryl methyl sites for hydroxylation is 1. The molecule has 0 bridgehead atoms. The van der Waals surface area contributed by atoms with Crippen molar-refractivity contribution in [2.24, 2.45) is 0 Å². The second-order valence-corrected chi connectivity index (χ2v) is 6.34. The maximum Gasteiger partial charge on any atom is 0.278 e. The number of nitrogens with one attached hydrogen (secondary N) is 1. The normalized spacial score (nSPS) is 16.0. The van der Waals surface area contributed by atoms with Gasteiger partial charge in [0.05, 0.1) is 18.8 Å². The van der Waals surface area contributed by atoms with Crippen molar-refractivity contribution in [3.05, 3.63) is 76.6 Å². The molecule has 1 aliphatic rings. The van der Waals surface area contributed by atoms with Gasteiger partial charge in [0, 0.05) is 5.69 Å². The molecule has 0 aliphatic carbocycles. The standard InChI is InChI=1S/C19H16F2N4O2/c1-11-2-7-14(8-15(11)21)22-19(26)18-16-10-27-17(9-25(16)24-23-18)12-3-5-13(20)6-4-12/h2-8,17H,9-10H2,1H3,(H,22,26). The van der Waals surface area contributed by atoms with Crippen molar-refractivity contribution in [1.29, 1.82) is 0 Å². The van der Waals surface area contributed by atoms with E-state index in [4.69, 9.17) is 4.74 Å². The molecule has 0 spiro atoms. The summed E-state index contributed by atoms with van der Waals surface area (Å²) >= 11 is 0. The van der Waals surface area contributed by atoms with Gasteiger partial charge in [0.15, 0.2) is 5.69 Å². The fraction of sp³-hybridized carbons (Fsp3) is 0.211. The predicted molar refractivity (Wildman–Crippen MR) is 93.0 cm³/mol. The summed E-state index contributed by atoms with van der Waals surface area (Å²) in [5.74, 6) is -1.20. The van der Waals surface area contributed by atoms with E-state index in [-0.39, 0.29) is 24.2 Å². The van der Waals surface area contributed by atoms with Gasteiger partial charge in [-0.25, -0.2) is 13.5 Å². The molecule has 0 saturated heterocycles. The van der Waals surface area contributed by atoms with E-state index in [1.165, 1.54) is 18.2 Å². The summed E-state index contributed by atoms with van der Waals surface area (Å²) in [5.41, 5.74) is 2.32. The number of halogens is 2. The smallest absolute Gasteiger partial charge is 0.278 e. The lowest BCUT2D eigenvalue weighted by Crippen LogP contribution is -2.24. The molecule has 1 atom stereocenters. The molecule has 0 saturated carbocycles. The number of fused-ring (bicyclic) bond motifs is 1. The fourth-order valence-electron chi connectivity index (χ4n) is 2.93. The van der Waals surface area contributed by atoms with Gasteiger partial charge in [-0.1, -0.05) is 23.4 Å². The van der Waals surface area contributed by atoms with Crippen molar-refractivity contribution >= 4 is 11.6 Å². The molecule has 0 fully saturated rings. The molecule has 8 heteroatoms. The number of benzene rings is 2. The number of carbonyl (C=O) groups excluding carboxylic acids is 1. The van der Waals surface area contributed by atoms with Gasteiger partial charge in [0.1, 0.15) is 17.7 Å². The second-order valence-electron chi connectivity index (χ2n) is 6.34. The minimum atomic E-state index is -0.483. The lowest BCUT2D eigenvalue weighted by atomic mass is 10.1. The largest absolute Gasteiger partial charge is 0.365 e. The first-order chi connectivity index (χ1) is 13.0. The van der Waals surface area contributed by atoms with Crippen LogP contribution in [0.1, 0.15) is 33.4 Å². The third-order valence-electron chi connectivity index (χ3n) is 4.48. The number of hydrogen-bond acceptors (Lipinski definition) is 4. The van der Waals surface area contributed by atoms with E-state index in [0.29, 0.717) is 23.5 Å². The van der Waals surface area contributed by atoms with Crippen LogP contribution >= 0.6 is 0 Å². The van der Waals surface area contributed by atoms with Crippen LogP contribution in [0.3, 0.4) is 0 Å². The average molecular weight is 370 g/mol. The van der Waals surface area contributed by atoms with Gasteiger partial charge in [0.2, 0.25) is 0 Å². The minimum Gasteiger partial charge on any atom is -0.365 e. The van der Waals surface area contributed by atoms with Crippen molar-refractivity contribution < 1.29 is 18.3 Å². The fourth-order valence-corrected chi connectivity index (χ4v) is 2.93. The van der Waals surface area contributed by atoms with Gasteiger partial charge in [-0.15, -0.1) is 5.10 Å². The highest BCUT2D eigenvalue weighted by molar-refractivity contribution is 6.03. The summed E-state index contributed by atoms with van der Waals surface area (Å²) in [6.45, 7) is 2.14. The Bertz CT molecular complexity index is 1000. The minimum absolute atomic E-state index is 0.133. The number of hydrogen-bond donors (Lipinski definition) is 1. The second kappa shape index (κ2) is 6.88. The summed E-state index contributed by atoms with van der Waals surface area (Å²) in [7, 11) is 0. The average Bonchev–Trinajstić information content (AvgIpc) is 3.08. The van der Waals surface area contributed by atoms with Crippen molar-refractivity contribution in [3.63, 3.8) is 0 Å². The number of rotatable bonds is 3. The summed E-state index contributed by atoms with van der Waals surface area (Å²) in [5, 5.41) is 10.6. The van der Waals surface area contributed by atoms with E-state index in [2.05, 4.69) is 15.6 Å². The van der Waals surface area contributed by atoms with Crippen molar-refractivity contribution in [1.82, 2.24) is 15.0 Å². The Kier molecular flexibility index (Phi) is 4.41. The molecule has 27 heavy (non-hydrogen) atoms.